The third kappa shape index (κ3) is 2.94. The molecular formula is C13H15ClN2O3S. The first-order valence-electron chi connectivity index (χ1n) is 6.31. The lowest BCUT2D eigenvalue weighted by Gasteiger charge is -2.35. The molecule has 0 amide bonds. The van der Waals surface area contributed by atoms with Gasteiger partial charge in [-0.25, -0.2) is 13.2 Å². The van der Waals surface area contributed by atoms with Gasteiger partial charge in [0, 0.05) is 11.6 Å². The van der Waals surface area contributed by atoms with E-state index in [9.17, 15) is 13.2 Å². The lowest BCUT2D eigenvalue weighted by atomic mass is 9.98. The first kappa shape index (κ1) is 15.2. The highest BCUT2D eigenvalue weighted by atomic mass is 35.5. The third-order valence-electron chi connectivity index (χ3n) is 3.45. The van der Waals surface area contributed by atoms with Crippen molar-refractivity contribution in [2.24, 2.45) is 10.9 Å². The summed E-state index contributed by atoms with van der Waals surface area (Å²) < 4.78 is 26.5. The Morgan fingerprint density at radius 3 is 2.60 bits per heavy atom. The number of hydrogen-bond donors (Lipinski definition) is 0. The molecule has 0 radical (unpaired) electrons. The molecule has 1 aromatic carbocycles. The van der Waals surface area contributed by atoms with Crippen LogP contribution in [0, 0.1) is 5.92 Å². The molecule has 108 valence electrons. The number of nitrogens with zero attached hydrogens (tertiary/aromatic N) is 2. The summed E-state index contributed by atoms with van der Waals surface area (Å²) in [7, 11) is -3.68. The monoisotopic (exact) mass is 314 g/mol. The lowest BCUT2D eigenvalue weighted by molar-refractivity contribution is 0.194. The van der Waals surface area contributed by atoms with Gasteiger partial charge in [-0.2, -0.15) is 9.30 Å². The molecule has 0 spiro atoms. The summed E-state index contributed by atoms with van der Waals surface area (Å²) in [5, 5.41) is 0.471. The van der Waals surface area contributed by atoms with Crippen molar-refractivity contribution in [1.82, 2.24) is 4.31 Å². The summed E-state index contributed by atoms with van der Waals surface area (Å²) in [6.45, 7) is 2.24. The summed E-state index contributed by atoms with van der Waals surface area (Å²) in [6.07, 6.45) is 2.38. The fourth-order valence-corrected chi connectivity index (χ4v) is 4.17. The van der Waals surface area contributed by atoms with Gasteiger partial charge < -0.3 is 0 Å². The van der Waals surface area contributed by atoms with Crippen LogP contribution in [0.2, 0.25) is 5.02 Å². The van der Waals surface area contributed by atoms with Crippen molar-refractivity contribution in [1.29, 1.82) is 0 Å². The van der Waals surface area contributed by atoms with Crippen molar-refractivity contribution in [3.63, 3.8) is 0 Å². The standard InChI is InChI=1S/C13H15ClN2O3S/c1-10-3-2-8-16(13(10)15-9-17)20(18,19)12-6-4-11(14)5-7-12/h4-7,10,13H,2-3,8H2,1H3. The van der Waals surface area contributed by atoms with Gasteiger partial charge in [0.2, 0.25) is 16.1 Å². The summed E-state index contributed by atoms with van der Waals surface area (Å²) in [4.78, 5) is 14.4. The van der Waals surface area contributed by atoms with Crippen molar-refractivity contribution in [3.8, 4) is 0 Å². The molecule has 1 saturated heterocycles. The molecule has 5 nitrogen and oxygen atoms in total. The average molecular weight is 315 g/mol. The van der Waals surface area contributed by atoms with E-state index in [1.54, 1.807) is 0 Å². The summed E-state index contributed by atoms with van der Waals surface area (Å²) in [6, 6.07) is 5.97. The zero-order valence-electron chi connectivity index (χ0n) is 11.0. The van der Waals surface area contributed by atoms with E-state index in [-0.39, 0.29) is 10.8 Å². The van der Waals surface area contributed by atoms with Gasteiger partial charge >= 0.3 is 0 Å². The molecule has 7 heteroatoms. The van der Waals surface area contributed by atoms with Crippen LogP contribution in [0.15, 0.2) is 34.2 Å². The Kier molecular flexibility index (Phi) is 4.60. The molecular weight excluding hydrogens is 300 g/mol. The highest BCUT2D eigenvalue weighted by molar-refractivity contribution is 7.89. The summed E-state index contributed by atoms with van der Waals surface area (Å²) in [5.74, 6) is -0.00715. The predicted molar refractivity (Wildman–Crippen MR) is 75.7 cm³/mol. The van der Waals surface area contributed by atoms with Crippen LogP contribution in [0.25, 0.3) is 0 Å². The third-order valence-corrected chi connectivity index (χ3v) is 5.58. The van der Waals surface area contributed by atoms with Crippen molar-refractivity contribution < 1.29 is 13.2 Å². The van der Waals surface area contributed by atoms with Gasteiger partial charge in [0.05, 0.1) is 4.90 Å². The fraction of sp³-hybridized carbons (Fsp3) is 0.462. The maximum absolute atomic E-state index is 12.6. The minimum Gasteiger partial charge on any atom is -0.211 e. The van der Waals surface area contributed by atoms with Crippen LogP contribution in [0.3, 0.4) is 0 Å². The number of isocyanates is 1. The maximum atomic E-state index is 12.6. The Labute approximate surface area is 123 Å². The molecule has 1 aliphatic heterocycles. The fourth-order valence-electron chi connectivity index (χ4n) is 2.38. The summed E-state index contributed by atoms with van der Waals surface area (Å²) >= 11 is 5.77. The first-order valence-corrected chi connectivity index (χ1v) is 8.13. The lowest BCUT2D eigenvalue weighted by Crippen LogP contribution is -2.46. The largest absolute Gasteiger partial charge is 0.244 e. The number of hydrogen-bond acceptors (Lipinski definition) is 4. The highest BCUT2D eigenvalue weighted by Gasteiger charge is 2.37. The minimum absolute atomic E-state index is 0.00715. The van der Waals surface area contributed by atoms with Crippen LogP contribution in [-0.4, -0.2) is 31.5 Å². The quantitative estimate of drug-likeness (QED) is 0.635. The van der Waals surface area contributed by atoms with Crippen LogP contribution in [0.4, 0.5) is 0 Å². The molecule has 0 bridgehead atoms. The molecule has 2 atom stereocenters. The van der Waals surface area contributed by atoms with Gasteiger partial charge in [0.1, 0.15) is 6.17 Å². The molecule has 0 aliphatic carbocycles. The molecule has 2 rings (SSSR count). The van der Waals surface area contributed by atoms with Crippen LogP contribution in [0.1, 0.15) is 19.8 Å². The van der Waals surface area contributed by atoms with E-state index in [1.807, 2.05) is 6.92 Å². The molecule has 20 heavy (non-hydrogen) atoms. The SMILES string of the molecule is CC1CCCN(S(=O)(=O)c2ccc(Cl)cc2)C1N=C=O. The average Bonchev–Trinajstić information content (AvgIpc) is 2.41. The van der Waals surface area contributed by atoms with Gasteiger partial charge in [0.25, 0.3) is 0 Å². The van der Waals surface area contributed by atoms with Gasteiger partial charge in [0.15, 0.2) is 0 Å². The second-order valence-corrected chi connectivity index (χ2v) is 7.15. The van der Waals surface area contributed by atoms with Crippen LogP contribution < -0.4 is 0 Å². The number of rotatable bonds is 3. The molecule has 0 aromatic heterocycles. The zero-order chi connectivity index (χ0) is 14.8. The van der Waals surface area contributed by atoms with Gasteiger partial charge in [-0.3, -0.25) is 0 Å². The summed E-state index contributed by atoms with van der Waals surface area (Å²) in [5.41, 5.74) is 0. The highest BCUT2D eigenvalue weighted by Crippen LogP contribution is 2.30. The normalized spacial score (nSPS) is 24.1. The van der Waals surface area contributed by atoms with E-state index in [0.29, 0.717) is 11.6 Å². The van der Waals surface area contributed by atoms with Crippen molar-refractivity contribution in [2.45, 2.75) is 30.8 Å². The van der Waals surface area contributed by atoms with Gasteiger partial charge in [-0.15, -0.1) is 0 Å². The van der Waals surface area contributed by atoms with E-state index in [2.05, 4.69) is 4.99 Å². The molecule has 0 saturated carbocycles. The van der Waals surface area contributed by atoms with Gasteiger partial charge in [-0.1, -0.05) is 18.5 Å². The van der Waals surface area contributed by atoms with Crippen molar-refractivity contribution in [2.75, 3.05) is 6.54 Å². The van der Waals surface area contributed by atoms with E-state index < -0.39 is 16.2 Å². The first-order chi connectivity index (χ1) is 9.46. The topological polar surface area (TPSA) is 66.8 Å². The molecule has 2 unspecified atom stereocenters. The second-order valence-electron chi connectivity index (χ2n) is 4.82. The van der Waals surface area contributed by atoms with Crippen molar-refractivity contribution >= 4 is 27.7 Å². The Morgan fingerprint density at radius 1 is 1.35 bits per heavy atom. The maximum Gasteiger partial charge on any atom is 0.244 e. The van der Waals surface area contributed by atoms with E-state index in [1.165, 1.54) is 34.7 Å². The Bertz CT molecular complexity index is 624. The molecule has 1 aliphatic rings. The number of piperidine rings is 1. The number of halogens is 1. The second kappa shape index (κ2) is 6.06. The van der Waals surface area contributed by atoms with E-state index >= 15 is 0 Å². The van der Waals surface area contributed by atoms with Crippen LogP contribution in [-0.2, 0) is 14.8 Å². The van der Waals surface area contributed by atoms with Crippen LogP contribution >= 0.6 is 11.6 Å². The van der Waals surface area contributed by atoms with Gasteiger partial charge in [-0.05, 0) is 43.0 Å². The molecule has 1 heterocycles. The van der Waals surface area contributed by atoms with E-state index in [0.717, 1.165) is 12.8 Å². The number of aliphatic imine (C=N–C) groups is 1. The number of benzene rings is 1. The number of sulfonamides is 1. The van der Waals surface area contributed by atoms with Crippen LogP contribution in [0.5, 0.6) is 0 Å². The predicted octanol–water partition coefficient (Wildman–Crippen LogP) is 2.42. The molecule has 0 N–H and O–H groups in total. The Balaban J connectivity index is 2.40. The molecule has 1 aromatic rings. The minimum atomic E-state index is -3.68. The Morgan fingerprint density at radius 2 is 2.00 bits per heavy atom. The zero-order valence-corrected chi connectivity index (χ0v) is 12.6. The Hall–Kier alpha value is -1.20. The number of carbonyl (C=O) groups excluding carboxylic acids is 1. The van der Waals surface area contributed by atoms with Crippen molar-refractivity contribution in [3.05, 3.63) is 29.3 Å². The van der Waals surface area contributed by atoms with E-state index in [4.69, 9.17) is 11.6 Å². The molecule has 1 fully saturated rings. The smallest absolute Gasteiger partial charge is 0.211 e.